The fraction of sp³-hybridized carbons (Fsp3) is 1.00. The Kier molecular flexibility index (Phi) is 6.83. The minimum Gasteiger partial charge on any atom is -0.390 e. The van der Waals surface area contributed by atoms with Crippen LogP contribution in [0.4, 0.5) is 0 Å². The molecule has 18 heavy (non-hydrogen) atoms. The Morgan fingerprint density at radius 1 is 1.17 bits per heavy atom. The van der Waals surface area contributed by atoms with E-state index < -0.39 is 16.4 Å². The molecule has 0 aromatic carbocycles. The zero-order chi connectivity index (χ0) is 13.6. The molecule has 0 unspecified atom stereocenters. The first-order valence-corrected chi connectivity index (χ1v) is 12.1. The molecule has 1 heterocycles. The Labute approximate surface area is 116 Å². The average molecular weight is 312 g/mol. The maximum atomic E-state index is 5.68. The van der Waals surface area contributed by atoms with E-state index >= 15 is 0 Å². The molecule has 1 aliphatic heterocycles. The molecule has 8 heteroatoms. The van der Waals surface area contributed by atoms with Crippen molar-refractivity contribution >= 4 is 27.6 Å². The van der Waals surface area contributed by atoms with Gasteiger partial charge in [0.2, 0.25) is 0 Å². The van der Waals surface area contributed by atoms with Gasteiger partial charge in [-0.3, -0.25) is 4.57 Å². The Morgan fingerprint density at radius 2 is 1.78 bits per heavy atom. The van der Waals surface area contributed by atoms with Crippen molar-refractivity contribution < 1.29 is 17.7 Å². The molecule has 1 aliphatic rings. The Bertz CT molecular complexity index is 252. The van der Waals surface area contributed by atoms with Crippen molar-refractivity contribution in [1.29, 1.82) is 0 Å². The van der Waals surface area contributed by atoms with E-state index in [4.69, 9.17) is 17.7 Å². The molecule has 0 aliphatic carbocycles. The Morgan fingerprint density at radius 3 is 2.28 bits per heavy atom. The molecular formula is C10H25NO4SSi2. The second kappa shape index (κ2) is 7.39. The molecule has 0 amide bonds. The SMILES string of the molecule is CO[Si](C)(OC)SCCN1CCC[Si]1(OC)OC. The predicted octanol–water partition coefficient (Wildman–Crippen LogP) is 1.52. The number of hydrogen-bond donors (Lipinski definition) is 0. The zero-order valence-corrected chi connectivity index (χ0v) is 14.8. The van der Waals surface area contributed by atoms with Crippen molar-refractivity contribution in [2.45, 2.75) is 19.0 Å². The van der Waals surface area contributed by atoms with E-state index in [0.717, 1.165) is 24.9 Å². The Hall–Kier alpha value is 0.584. The third-order valence-corrected chi connectivity index (χ3v) is 12.8. The first kappa shape index (κ1) is 16.6. The highest BCUT2D eigenvalue weighted by Crippen LogP contribution is 2.28. The first-order valence-electron chi connectivity index (χ1n) is 6.15. The first-order chi connectivity index (χ1) is 8.55. The summed E-state index contributed by atoms with van der Waals surface area (Å²) in [6.45, 7) is 4.12. The van der Waals surface area contributed by atoms with Gasteiger partial charge in [0.25, 0.3) is 0 Å². The van der Waals surface area contributed by atoms with Gasteiger partial charge in [-0.05, 0) is 19.5 Å². The summed E-state index contributed by atoms with van der Waals surface area (Å²) in [7, 11) is 2.90. The van der Waals surface area contributed by atoms with Gasteiger partial charge in [0.1, 0.15) is 0 Å². The van der Waals surface area contributed by atoms with E-state index in [1.165, 1.54) is 6.42 Å². The molecular weight excluding hydrogens is 286 g/mol. The maximum Gasteiger partial charge on any atom is 0.427 e. The molecule has 0 radical (unpaired) electrons. The smallest absolute Gasteiger partial charge is 0.390 e. The maximum absolute atomic E-state index is 5.68. The van der Waals surface area contributed by atoms with Crippen molar-refractivity contribution in [3.8, 4) is 0 Å². The minimum atomic E-state index is -2.07. The van der Waals surface area contributed by atoms with E-state index in [1.807, 2.05) is 0 Å². The van der Waals surface area contributed by atoms with Crippen LogP contribution in [0.3, 0.4) is 0 Å². The van der Waals surface area contributed by atoms with Crippen LogP contribution in [0.2, 0.25) is 12.6 Å². The molecule has 0 aromatic heterocycles. The summed E-state index contributed by atoms with van der Waals surface area (Å²) in [5.74, 6) is 0.992. The van der Waals surface area contributed by atoms with E-state index in [2.05, 4.69) is 11.1 Å². The third-order valence-electron chi connectivity index (χ3n) is 3.51. The van der Waals surface area contributed by atoms with Gasteiger partial charge in [-0.15, -0.1) is 11.2 Å². The van der Waals surface area contributed by atoms with E-state index in [1.54, 1.807) is 39.7 Å². The molecule has 0 aromatic rings. The molecule has 0 bridgehead atoms. The van der Waals surface area contributed by atoms with E-state index in [0.29, 0.717) is 0 Å². The van der Waals surface area contributed by atoms with Crippen LogP contribution in [0.1, 0.15) is 6.42 Å². The highest BCUT2D eigenvalue weighted by Gasteiger charge is 2.47. The van der Waals surface area contributed by atoms with Crippen LogP contribution < -0.4 is 0 Å². The fourth-order valence-corrected chi connectivity index (χ4v) is 8.50. The van der Waals surface area contributed by atoms with Crippen LogP contribution in [0.15, 0.2) is 0 Å². The van der Waals surface area contributed by atoms with E-state index in [9.17, 15) is 0 Å². The molecule has 1 rings (SSSR count). The van der Waals surface area contributed by atoms with Gasteiger partial charge in [-0.1, -0.05) is 0 Å². The summed E-state index contributed by atoms with van der Waals surface area (Å²) in [6.07, 6.45) is 1.17. The van der Waals surface area contributed by atoms with Crippen molar-refractivity contribution in [2.75, 3.05) is 47.3 Å². The summed E-state index contributed by atoms with van der Waals surface area (Å²) in [6, 6.07) is 1.06. The van der Waals surface area contributed by atoms with Gasteiger partial charge >= 0.3 is 16.4 Å². The lowest BCUT2D eigenvalue weighted by molar-refractivity contribution is 0.186. The summed E-state index contributed by atoms with van der Waals surface area (Å²) >= 11 is 1.80. The minimum absolute atomic E-state index is 0.980. The summed E-state index contributed by atoms with van der Waals surface area (Å²) in [4.78, 5) is 0. The average Bonchev–Trinajstić information content (AvgIpc) is 2.82. The molecule has 0 spiro atoms. The second-order valence-corrected chi connectivity index (χ2v) is 14.0. The topological polar surface area (TPSA) is 40.2 Å². The molecule has 0 N–H and O–H groups in total. The quantitative estimate of drug-likeness (QED) is 0.633. The van der Waals surface area contributed by atoms with Gasteiger partial charge in [-0.25, -0.2) is 0 Å². The largest absolute Gasteiger partial charge is 0.427 e. The van der Waals surface area contributed by atoms with Crippen LogP contribution in [0.5, 0.6) is 0 Å². The van der Waals surface area contributed by atoms with Crippen molar-refractivity contribution in [3.05, 3.63) is 0 Å². The van der Waals surface area contributed by atoms with Gasteiger partial charge in [0.15, 0.2) is 0 Å². The van der Waals surface area contributed by atoms with Gasteiger partial charge in [0.05, 0.1) is 0 Å². The van der Waals surface area contributed by atoms with Crippen LogP contribution in [-0.4, -0.2) is 68.3 Å². The van der Waals surface area contributed by atoms with Crippen molar-refractivity contribution in [2.24, 2.45) is 0 Å². The molecule has 1 saturated heterocycles. The highest BCUT2D eigenvalue weighted by molar-refractivity contribution is 8.27. The molecule has 5 nitrogen and oxygen atoms in total. The fourth-order valence-electron chi connectivity index (χ4n) is 2.19. The number of hydrogen-bond acceptors (Lipinski definition) is 6. The summed E-state index contributed by atoms with van der Waals surface area (Å²) in [5, 5.41) is 0. The highest BCUT2D eigenvalue weighted by atomic mass is 32.4. The van der Waals surface area contributed by atoms with Crippen LogP contribution in [0, 0.1) is 0 Å². The summed E-state index contributed by atoms with van der Waals surface area (Å²) < 4.78 is 24.7. The molecule has 0 saturated carbocycles. The second-order valence-electron chi connectivity index (χ2n) is 4.33. The summed E-state index contributed by atoms with van der Waals surface area (Å²) in [5.41, 5.74) is 0. The number of rotatable bonds is 8. The van der Waals surface area contributed by atoms with Gasteiger partial charge in [-0.2, -0.15) is 0 Å². The standard InChI is InChI=1S/C10H25NO4SSi2/c1-12-17(5,13-2)16-9-8-11-7-6-10-18(11,14-3)15-4/h6-10H2,1-5H3. The van der Waals surface area contributed by atoms with Crippen molar-refractivity contribution in [1.82, 2.24) is 4.57 Å². The van der Waals surface area contributed by atoms with E-state index in [-0.39, 0.29) is 0 Å². The lowest BCUT2D eigenvalue weighted by Crippen LogP contribution is -2.54. The van der Waals surface area contributed by atoms with Crippen LogP contribution in [0.25, 0.3) is 0 Å². The molecule has 1 fully saturated rings. The third kappa shape index (κ3) is 3.79. The molecule has 108 valence electrons. The lowest BCUT2D eigenvalue weighted by Gasteiger charge is -2.32. The van der Waals surface area contributed by atoms with Crippen LogP contribution in [-0.2, 0) is 17.7 Å². The molecule has 0 atom stereocenters. The zero-order valence-electron chi connectivity index (χ0n) is 12.0. The normalized spacial score (nSPS) is 20.5. The van der Waals surface area contributed by atoms with Crippen LogP contribution >= 0.6 is 11.2 Å². The Balaban J connectivity index is 2.43. The van der Waals surface area contributed by atoms with Gasteiger partial charge in [0, 0.05) is 46.8 Å². The number of nitrogens with zero attached hydrogens (tertiary/aromatic N) is 1. The lowest BCUT2D eigenvalue weighted by atomic mass is 10.5. The van der Waals surface area contributed by atoms with Gasteiger partial charge < -0.3 is 17.7 Å². The predicted molar refractivity (Wildman–Crippen MR) is 78.9 cm³/mol. The van der Waals surface area contributed by atoms with Crippen molar-refractivity contribution in [3.63, 3.8) is 0 Å². The monoisotopic (exact) mass is 311 g/mol.